The second-order valence-electron chi connectivity index (χ2n) is 4.88. The van der Waals surface area contributed by atoms with Gasteiger partial charge in [0.1, 0.15) is 0 Å². The highest BCUT2D eigenvalue weighted by molar-refractivity contribution is 5.94. The summed E-state index contributed by atoms with van der Waals surface area (Å²) in [5.41, 5.74) is 10.6. The van der Waals surface area contributed by atoms with Gasteiger partial charge in [-0.3, -0.25) is 4.90 Å². The third kappa shape index (κ3) is 3.65. The highest BCUT2D eigenvalue weighted by Crippen LogP contribution is 2.30. The van der Waals surface area contributed by atoms with Crippen LogP contribution in [0.3, 0.4) is 0 Å². The molecule has 4 nitrogen and oxygen atoms in total. The molecule has 0 amide bonds. The number of hydrogen-bond donors (Lipinski definition) is 3. The van der Waals surface area contributed by atoms with Crippen LogP contribution in [0.4, 0.5) is 5.69 Å². The van der Waals surface area contributed by atoms with E-state index in [-0.39, 0.29) is 6.15 Å². The highest BCUT2D eigenvalue weighted by Gasteiger charge is 2.14. The van der Waals surface area contributed by atoms with Crippen LogP contribution in [-0.2, 0) is 0 Å². The van der Waals surface area contributed by atoms with Crippen LogP contribution in [0, 0.1) is 0 Å². The molecular weight excluding hydrogens is 260 g/mol. The van der Waals surface area contributed by atoms with Crippen LogP contribution in [0.2, 0.25) is 0 Å². The number of fused-ring (bicyclic) bond motifs is 1. The van der Waals surface area contributed by atoms with Crippen LogP contribution in [0.1, 0.15) is 32.8 Å². The number of rotatable bonds is 2. The van der Waals surface area contributed by atoms with Gasteiger partial charge in [-0.25, -0.2) is 0 Å². The van der Waals surface area contributed by atoms with Crippen molar-refractivity contribution in [3.8, 4) is 0 Å². The lowest BCUT2D eigenvalue weighted by Crippen LogP contribution is -2.27. The first-order valence-corrected chi connectivity index (χ1v) is 7.56. The number of anilines is 1. The smallest absolute Gasteiger partial charge is 0.0461 e. The molecule has 0 saturated heterocycles. The van der Waals surface area contributed by atoms with Crippen molar-refractivity contribution in [1.82, 2.24) is 16.0 Å². The van der Waals surface area contributed by atoms with Gasteiger partial charge in [0.15, 0.2) is 0 Å². The summed E-state index contributed by atoms with van der Waals surface area (Å²) in [7, 11) is 0. The molecule has 0 radical (unpaired) electrons. The number of aromatic nitrogens is 1. The molecule has 1 aromatic heterocycles. The third-order valence-corrected chi connectivity index (χ3v) is 3.79. The Labute approximate surface area is 127 Å². The summed E-state index contributed by atoms with van der Waals surface area (Å²) >= 11 is 0. The molecule has 2 aromatic rings. The number of nitrogens with one attached hydrogen (secondary N) is 1. The van der Waals surface area contributed by atoms with E-state index in [2.05, 4.69) is 41.2 Å². The molecule has 0 fully saturated rings. The van der Waals surface area contributed by atoms with Gasteiger partial charge in [-0.1, -0.05) is 26.8 Å². The average Bonchev–Trinajstić information content (AvgIpc) is 2.92. The Morgan fingerprint density at radius 3 is 2.67 bits per heavy atom. The lowest BCUT2D eigenvalue weighted by molar-refractivity contribution is 0.319. The van der Waals surface area contributed by atoms with Gasteiger partial charge in [-0.15, -0.1) is 0 Å². The van der Waals surface area contributed by atoms with Crippen LogP contribution in [0.5, 0.6) is 0 Å². The molecule has 2 heterocycles. The molecule has 6 N–H and O–H groups in total. The zero-order valence-electron chi connectivity index (χ0n) is 13.4. The van der Waals surface area contributed by atoms with E-state index in [0.29, 0.717) is 0 Å². The van der Waals surface area contributed by atoms with Crippen molar-refractivity contribution in [3.05, 3.63) is 36.0 Å². The minimum Gasteiger partial charge on any atom is -0.399 e. The molecule has 0 aliphatic carbocycles. The second-order valence-corrected chi connectivity index (χ2v) is 4.88. The van der Waals surface area contributed by atoms with E-state index in [9.17, 15) is 0 Å². The number of nitrogens with two attached hydrogens (primary N) is 1. The predicted octanol–water partition coefficient (Wildman–Crippen LogP) is 4.05. The summed E-state index contributed by atoms with van der Waals surface area (Å²) in [6.07, 6.45) is 5.58. The SMILES string of the molecule is CC.CCN1CC=C(c2c[nH]c3ccc(N)cc23)CC1.N. The fourth-order valence-electron chi connectivity index (χ4n) is 2.65. The minimum absolute atomic E-state index is 0. The molecular formula is C17H28N4. The number of likely N-dealkylation sites (N-methyl/N-ethyl adjacent to an activating group) is 1. The van der Waals surface area contributed by atoms with E-state index < -0.39 is 0 Å². The Morgan fingerprint density at radius 2 is 2.05 bits per heavy atom. The van der Waals surface area contributed by atoms with Crippen molar-refractivity contribution in [2.45, 2.75) is 27.2 Å². The Morgan fingerprint density at radius 1 is 1.29 bits per heavy atom. The quantitative estimate of drug-likeness (QED) is 0.729. The minimum atomic E-state index is 0. The Hall–Kier alpha value is -1.78. The summed E-state index contributed by atoms with van der Waals surface area (Å²) in [5, 5.41) is 1.24. The van der Waals surface area contributed by atoms with Gasteiger partial charge in [0.25, 0.3) is 0 Å². The van der Waals surface area contributed by atoms with E-state index in [1.165, 1.54) is 16.5 Å². The van der Waals surface area contributed by atoms with Crippen LogP contribution in [0.15, 0.2) is 30.5 Å². The molecule has 0 spiro atoms. The standard InChI is InChI=1S/C15H19N3.C2H6.H3N/c1-2-18-7-5-11(6-8-18)14-10-17-15-4-3-12(16)9-13(14)15;1-2;/h3-5,9-10,17H,2,6-8,16H2,1H3;1-2H3;1H3. The zero-order chi connectivity index (χ0) is 14.5. The Balaban J connectivity index is 0.000000706. The Kier molecular flexibility index (Phi) is 6.46. The fraction of sp³-hybridized carbons (Fsp3) is 0.412. The number of H-pyrrole nitrogens is 1. The van der Waals surface area contributed by atoms with Crippen LogP contribution >= 0.6 is 0 Å². The van der Waals surface area contributed by atoms with Gasteiger partial charge < -0.3 is 16.9 Å². The number of hydrogen-bond acceptors (Lipinski definition) is 3. The molecule has 116 valence electrons. The number of nitrogen functional groups attached to an aromatic ring is 1. The maximum absolute atomic E-state index is 5.88. The molecule has 1 aromatic carbocycles. The average molecular weight is 288 g/mol. The molecule has 0 atom stereocenters. The van der Waals surface area contributed by atoms with Gasteiger partial charge in [-0.2, -0.15) is 0 Å². The number of nitrogens with zero attached hydrogens (tertiary/aromatic N) is 1. The molecule has 1 aliphatic rings. The van der Waals surface area contributed by atoms with Crippen LogP contribution in [-0.4, -0.2) is 29.5 Å². The number of benzene rings is 1. The second kappa shape index (κ2) is 7.86. The first-order chi connectivity index (χ1) is 9.78. The lowest BCUT2D eigenvalue weighted by atomic mass is 9.99. The maximum Gasteiger partial charge on any atom is 0.0461 e. The summed E-state index contributed by atoms with van der Waals surface area (Å²) in [6, 6.07) is 6.06. The van der Waals surface area contributed by atoms with Gasteiger partial charge >= 0.3 is 0 Å². The normalized spacial score (nSPS) is 14.9. The van der Waals surface area contributed by atoms with Crippen molar-refractivity contribution in [1.29, 1.82) is 0 Å². The van der Waals surface area contributed by atoms with Crippen molar-refractivity contribution >= 4 is 22.2 Å². The summed E-state index contributed by atoms with van der Waals surface area (Å²) < 4.78 is 0. The Bertz CT molecular complexity index is 598. The molecule has 1 aliphatic heterocycles. The van der Waals surface area contributed by atoms with Crippen molar-refractivity contribution in [2.75, 3.05) is 25.4 Å². The summed E-state index contributed by atoms with van der Waals surface area (Å²) in [6.45, 7) is 9.55. The highest BCUT2D eigenvalue weighted by atomic mass is 15.1. The van der Waals surface area contributed by atoms with Crippen molar-refractivity contribution in [3.63, 3.8) is 0 Å². The first kappa shape index (κ1) is 17.3. The largest absolute Gasteiger partial charge is 0.399 e. The van der Waals surface area contributed by atoms with Gasteiger partial charge in [0, 0.05) is 41.4 Å². The summed E-state index contributed by atoms with van der Waals surface area (Å²) in [4.78, 5) is 5.78. The summed E-state index contributed by atoms with van der Waals surface area (Å²) in [5.74, 6) is 0. The topological polar surface area (TPSA) is 80.0 Å². The molecule has 3 rings (SSSR count). The third-order valence-electron chi connectivity index (χ3n) is 3.79. The number of aromatic amines is 1. The van der Waals surface area contributed by atoms with E-state index in [1.807, 2.05) is 19.9 Å². The maximum atomic E-state index is 5.88. The van der Waals surface area contributed by atoms with Gasteiger partial charge in [0.2, 0.25) is 0 Å². The van der Waals surface area contributed by atoms with Gasteiger partial charge in [-0.05, 0) is 36.7 Å². The van der Waals surface area contributed by atoms with Crippen LogP contribution < -0.4 is 11.9 Å². The molecule has 21 heavy (non-hydrogen) atoms. The fourth-order valence-corrected chi connectivity index (χ4v) is 2.65. The van der Waals surface area contributed by atoms with E-state index in [1.54, 1.807) is 0 Å². The van der Waals surface area contributed by atoms with Crippen molar-refractivity contribution in [2.24, 2.45) is 0 Å². The zero-order valence-corrected chi connectivity index (χ0v) is 13.4. The van der Waals surface area contributed by atoms with Gasteiger partial charge in [0.05, 0.1) is 0 Å². The monoisotopic (exact) mass is 288 g/mol. The van der Waals surface area contributed by atoms with E-state index >= 15 is 0 Å². The molecule has 0 bridgehead atoms. The van der Waals surface area contributed by atoms with Crippen molar-refractivity contribution < 1.29 is 0 Å². The molecule has 0 unspecified atom stereocenters. The lowest BCUT2D eigenvalue weighted by Gasteiger charge is -2.24. The molecule has 0 saturated carbocycles. The molecule has 4 heteroatoms. The van der Waals surface area contributed by atoms with Crippen LogP contribution in [0.25, 0.3) is 16.5 Å². The predicted molar refractivity (Wildman–Crippen MR) is 93.8 cm³/mol. The van der Waals surface area contributed by atoms with E-state index in [4.69, 9.17) is 5.73 Å². The first-order valence-electron chi connectivity index (χ1n) is 7.56. The van der Waals surface area contributed by atoms with E-state index in [0.717, 1.165) is 37.3 Å².